The van der Waals surface area contributed by atoms with Crippen LogP contribution in [0.15, 0.2) is 63.8 Å². The second kappa shape index (κ2) is 8.55. The number of rotatable bonds is 5. The van der Waals surface area contributed by atoms with Crippen molar-refractivity contribution in [3.8, 4) is 22.8 Å². The molecule has 0 fully saturated rings. The normalized spacial score (nSPS) is 12.1. The first kappa shape index (κ1) is 21.5. The number of nitrogens with one attached hydrogen (secondary N) is 2. The third-order valence-electron chi connectivity index (χ3n) is 5.86. The van der Waals surface area contributed by atoms with E-state index >= 15 is 0 Å². The first-order chi connectivity index (χ1) is 16.4. The second-order valence-electron chi connectivity index (χ2n) is 8.43. The van der Waals surface area contributed by atoms with Crippen LogP contribution in [0.2, 0.25) is 0 Å². The molecule has 0 aliphatic heterocycles. The molecule has 1 atom stereocenters. The summed E-state index contributed by atoms with van der Waals surface area (Å²) in [5.74, 6) is 0.987. The van der Waals surface area contributed by atoms with Crippen molar-refractivity contribution >= 4 is 16.7 Å². The fourth-order valence-corrected chi connectivity index (χ4v) is 4.17. The van der Waals surface area contributed by atoms with Gasteiger partial charge < -0.3 is 9.73 Å². The minimum Gasteiger partial charge on any atom is -0.455 e. The highest BCUT2D eigenvalue weighted by Gasteiger charge is 2.20. The molecule has 0 bridgehead atoms. The predicted molar refractivity (Wildman–Crippen MR) is 132 cm³/mol. The van der Waals surface area contributed by atoms with Crippen LogP contribution >= 0.6 is 0 Å². The van der Waals surface area contributed by atoms with Gasteiger partial charge in [-0.15, -0.1) is 10.2 Å². The molecule has 8 nitrogen and oxygen atoms in total. The molecule has 5 rings (SSSR count). The van der Waals surface area contributed by atoms with Gasteiger partial charge in [0.2, 0.25) is 5.82 Å². The number of aryl methyl sites for hydroxylation is 2. The maximum Gasteiger partial charge on any atom is 0.225 e. The minimum atomic E-state index is -0.202. The predicted octanol–water partition coefficient (Wildman–Crippen LogP) is 5.13. The Kier molecular flexibility index (Phi) is 5.41. The lowest BCUT2D eigenvalue weighted by Gasteiger charge is -2.20. The van der Waals surface area contributed by atoms with Gasteiger partial charge in [-0.2, -0.15) is 5.21 Å². The van der Waals surface area contributed by atoms with Gasteiger partial charge in [0.25, 0.3) is 0 Å². The largest absolute Gasteiger partial charge is 0.455 e. The van der Waals surface area contributed by atoms with Crippen molar-refractivity contribution in [3.63, 3.8) is 0 Å². The van der Waals surface area contributed by atoms with Crippen molar-refractivity contribution in [1.29, 1.82) is 0 Å². The summed E-state index contributed by atoms with van der Waals surface area (Å²) in [6.07, 6.45) is 0. The van der Waals surface area contributed by atoms with Crippen molar-refractivity contribution in [2.45, 2.75) is 33.7 Å². The van der Waals surface area contributed by atoms with Crippen molar-refractivity contribution in [2.24, 2.45) is 0 Å². The van der Waals surface area contributed by atoms with E-state index in [1.165, 1.54) is 0 Å². The highest BCUT2D eigenvalue weighted by Crippen LogP contribution is 2.33. The Morgan fingerprint density at radius 2 is 1.82 bits per heavy atom. The molecule has 0 amide bonds. The summed E-state index contributed by atoms with van der Waals surface area (Å²) in [6.45, 7) is 7.73. The molecule has 3 heterocycles. The summed E-state index contributed by atoms with van der Waals surface area (Å²) in [6, 6.07) is 17.3. The van der Waals surface area contributed by atoms with Crippen LogP contribution < -0.4 is 10.7 Å². The summed E-state index contributed by atoms with van der Waals surface area (Å²) >= 11 is 0. The van der Waals surface area contributed by atoms with E-state index < -0.39 is 0 Å². The van der Waals surface area contributed by atoms with Gasteiger partial charge in [0.15, 0.2) is 5.43 Å². The van der Waals surface area contributed by atoms with E-state index in [1.807, 2.05) is 82.3 Å². The van der Waals surface area contributed by atoms with Crippen LogP contribution in [0.4, 0.5) is 5.69 Å². The number of anilines is 1. The van der Waals surface area contributed by atoms with Crippen molar-refractivity contribution in [2.75, 3.05) is 5.32 Å². The minimum absolute atomic E-state index is 0.0262. The number of aromatic nitrogens is 5. The highest BCUT2D eigenvalue weighted by molar-refractivity contribution is 5.85. The lowest BCUT2D eigenvalue weighted by molar-refractivity contribution is 0.605. The number of aromatic amines is 1. The van der Waals surface area contributed by atoms with Crippen LogP contribution in [0.5, 0.6) is 0 Å². The van der Waals surface area contributed by atoms with E-state index in [0.717, 1.165) is 28.1 Å². The molecule has 34 heavy (non-hydrogen) atoms. The molecule has 0 spiro atoms. The monoisotopic (exact) mass is 452 g/mol. The lowest BCUT2D eigenvalue weighted by Crippen LogP contribution is -2.13. The number of hydrogen-bond donors (Lipinski definition) is 2. The number of pyridine rings is 1. The van der Waals surface area contributed by atoms with Gasteiger partial charge in [0, 0.05) is 22.4 Å². The number of tetrazole rings is 1. The molecule has 0 aliphatic rings. The molecule has 8 heteroatoms. The molecule has 170 valence electrons. The highest BCUT2D eigenvalue weighted by atomic mass is 16.3. The summed E-state index contributed by atoms with van der Waals surface area (Å²) in [7, 11) is 0. The van der Waals surface area contributed by atoms with Crippen LogP contribution in [-0.2, 0) is 0 Å². The van der Waals surface area contributed by atoms with Crippen LogP contribution in [0.3, 0.4) is 0 Å². The van der Waals surface area contributed by atoms with Crippen molar-refractivity contribution in [1.82, 2.24) is 25.6 Å². The molecule has 0 aliphatic carbocycles. The van der Waals surface area contributed by atoms with Crippen LogP contribution in [0, 0.1) is 20.8 Å². The zero-order valence-electron chi connectivity index (χ0n) is 19.4. The molecule has 0 saturated heterocycles. The van der Waals surface area contributed by atoms with E-state index in [-0.39, 0.29) is 11.5 Å². The molecular weight excluding hydrogens is 428 g/mol. The van der Waals surface area contributed by atoms with Gasteiger partial charge in [0.05, 0.1) is 17.1 Å². The molecular formula is C26H24N6O2. The quantitative estimate of drug-likeness (QED) is 0.380. The Morgan fingerprint density at radius 1 is 1.03 bits per heavy atom. The van der Waals surface area contributed by atoms with E-state index in [9.17, 15) is 4.79 Å². The SMILES string of the molecule is Cc1cc([C@@H](C)Nc2ccc(C)nc2-c2nn[nH]n2)c2oc(-c3ccccc3)c(C)c(=O)c2c1. The molecule has 5 aromatic rings. The van der Waals surface area contributed by atoms with Crippen LogP contribution in [0.25, 0.3) is 33.8 Å². The van der Waals surface area contributed by atoms with E-state index in [2.05, 4.69) is 30.9 Å². The van der Waals surface area contributed by atoms with Crippen molar-refractivity contribution < 1.29 is 4.42 Å². The van der Waals surface area contributed by atoms with E-state index in [0.29, 0.717) is 33.8 Å². The number of hydrogen-bond acceptors (Lipinski definition) is 7. The molecule has 0 radical (unpaired) electrons. The number of nitrogens with zero attached hydrogens (tertiary/aromatic N) is 4. The fraction of sp³-hybridized carbons (Fsp3) is 0.192. The van der Waals surface area contributed by atoms with Crippen LogP contribution in [0.1, 0.15) is 35.3 Å². The smallest absolute Gasteiger partial charge is 0.225 e. The Labute approximate surface area is 196 Å². The first-order valence-corrected chi connectivity index (χ1v) is 11.0. The molecule has 2 N–H and O–H groups in total. The standard InChI is InChI=1S/C26H24N6O2/c1-14-12-19(17(4)28-21-11-10-15(2)27-22(21)26-29-31-32-30-26)25-20(13-14)23(33)16(3)24(34-25)18-8-6-5-7-9-18/h5-13,17,28H,1-4H3,(H,29,30,31,32)/t17-/m1/s1. The Hall–Kier alpha value is -4.33. The third kappa shape index (κ3) is 3.83. The Morgan fingerprint density at radius 3 is 2.56 bits per heavy atom. The maximum absolute atomic E-state index is 13.3. The molecule has 2 aromatic carbocycles. The number of fused-ring (bicyclic) bond motifs is 1. The average Bonchev–Trinajstić information content (AvgIpc) is 3.38. The van der Waals surface area contributed by atoms with E-state index in [1.54, 1.807) is 0 Å². The lowest BCUT2D eigenvalue weighted by atomic mass is 9.98. The first-order valence-electron chi connectivity index (χ1n) is 11.0. The van der Waals surface area contributed by atoms with Gasteiger partial charge in [-0.25, -0.2) is 4.98 Å². The van der Waals surface area contributed by atoms with Crippen molar-refractivity contribution in [3.05, 3.63) is 87.2 Å². The second-order valence-corrected chi connectivity index (χ2v) is 8.43. The zero-order chi connectivity index (χ0) is 23.8. The topological polar surface area (TPSA) is 110 Å². The third-order valence-corrected chi connectivity index (χ3v) is 5.86. The fourth-order valence-electron chi connectivity index (χ4n) is 4.17. The molecule has 3 aromatic heterocycles. The molecule has 0 unspecified atom stereocenters. The summed E-state index contributed by atoms with van der Waals surface area (Å²) in [5.41, 5.74) is 6.06. The van der Waals surface area contributed by atoms with Gasteiger partial charge >= 0.3 is 0 Å². The summed E-state index contributed by atoms with van der Waals surface area (Å²) < 4.78 is 6.43. The summed E-state index contributed by atoms with van der Waals surface area (Å²) in [5, 5.41) is 18.4. The van der Waals surface area contributed by atoms with Gasteiger partial charge in [0.1, 0.15) is 17.0 Å². The van der Waals surface area contributed by atoms with E-state index in [4.69, 9.17) is 4.42 Å². The average molecular weight is 453 g/mol. The van der Waals surface area contributed by atoms with Gasteiger partial charge in [-0.05, 0) is 56.7 Å². The maximum atomic E-state index is 13.3. The van der Waals surface area contributed by atoms with Crippen LogP contribution in [-0.4, -0.2) is 25.6 Å². The Balaban J connectivity index is 1.65. The van der Waals surface area contributed by atoms with Gasteiger partial charge in [-0.3, -0.25) is 4.79 Å². The van der Waals surface area contributed by atoms with Gasteiger partial charge in [-0.1, -0.05) is 36.4 Å². The zero-order valence-corrected chi connectivity index (χ0v) is 19.4. The summed E-state index contributed by atoms with van der Waals surface area (Å²) in [4.78, 5) is 17.9. The number of H-pyrrole nitrogens is 1. The molecule has 0 saturated carbocycles. The number of benzene rings is 2. The Bertz CT molecular complexity index is 1540.